The SMILES string of the molecule is COc1ccc(CN2CCN(C(=O)CSc3nncn3-c3ccc(C(C)C)cc3)CC2)cc1. The van der Waals surface area contributed by atoms with E-state index in [0.29, 0.717) is 11.7 Å². The van der Waals surface area contributed by atoms with Gasteiger partial charge in [0.25, 0.3) is 0 Å². The van der Waals surface area contributed by atoms with Crippen LogP contribution in [0.4, 0.5) is 0 Å². The van der Waals surface area contributed by atoms with Crippen LogP contribution in [-0.2, 0) is 11.3 Å². The molecule has 0 spiro atoms. The van der Waals surface area contributed by atoms with Crippen LogP contribution in [0.2, 0.25) is 0 Å². The van der Waals surface area contributed by atoms with Gasteiger partial charge in [0.1, 0.15) is 12.1 Å². The number of hydrogen-bond donors (Lipinski definition) is 0. The Hall–Kier alpha value is -2.84. The Bertz CT molecular complexity index is 1040. The maximum absolute atomic E-state index is 12.8. The Morgan fingerprint density at radius 2 is 1.73 bits per heavy atom. The lowest BCUT2D eigenvalue weighted by atomic mass is 10.0. The van der Waals surface area contributed by atoms with Gasteiger partial charge in [0.15, 0.2) is 5.16 Å². The molecule has 0 unspecified atom stereocenters. The largest absolute Gasteiger partial charge is 0.497 e. The third kappa shape index (κ3) is 5.94. The Labute approximate surface area is 199 Å². The smallest absolute Gasteiger partial charge is 0.233 e. The number of thioether (sulfide) groups is 1. The predicted molar refractivity (Wildman–Crippen MR) is 131 cm³/mol. The van der Waals surface area contributed by atoms with Crippen LogP contribution in [0.5, 0.6) is 5.75 Å². The maximum Gasteiger partial charge on any atom is 0.233 e. The summed E-state index contributed by atoms with van der Waals surface area (Å²) in [4.78, 5) is 17.2. The fourth-order valence-electron chi connectivity index (χ4n) is 3.88. The molecule has 33 heavy (non-hydrogen) atoms. The van der Waals surface area contributed by atoms with E-state index in [-0.39, 0.29) is 5.91 Å². The predicted octanol–water partition coefficient (Wildman–Crippen LogP) is 3.84. The molecule has 2 aromatic carbocycles. The Kier molecular flexibility index (Phi) is 7.67. The number of piperazine rings is 1. The van der Waals surface area contributed by atoms with Crippen molar-refractivity contribution in [2.24, 2.45) is 0 Å². The maximum atomic E-state index is 12.8. The van der Waals surface area contributed by atoms with Gasteiger partial charge in [-0.05, 0) is 41.3 Å². The van der Waals surface area contributed by atoms with E-state index < -0.39 is 0 Å². The van der Waals surface area contributed by atoms with E-state index in [0.717, 1.165) is 49.3 Å². The molecule has 1 aliphatic rings. The number of nitrogens with zero attached hydrogens (tertiary/aromatic N) is 5. The van der Waals surface area contributed by atoms with Gasteiger partial charge in [-0.3, -0.25) is 14.3 Å². The number of amides is 1. The fourth-order valence-corrected chi connectivity index (χ4v) is 4.71. The standard InChI is InChI=1S/C25H31N5O2S/c1-19(2)21-6-8-22(9-7-21)30-18-26-27-25(30)33-17-24(31)29-14-12-28(13-15-29)16-20-4-10-23(32-3)11-5-20/h4-11,18-19H,12-17H2,1-3H3. The number of methoxy groups -OCH3 is 1. The highest BCUT2D eigenvalue weighted by Gasteiger charge is 2.22. The summed E-state index contributed by atoms with van der Waals surface area (Å²) in [6, 6.07) is 16.6. The monoisotopic (exact) mass is 465 g/mol. The first-order chi connectivity index (χ1) is 16.0. The van der Waals surface area contributed by atoms with Crippen LogP contribution in [0, 0.1) is 0 Å². The molecule has 8 heteroatoms. The van der Waals surface area contributed by atoms with Crippen molar-refractivity contribution in [2.75, 3.05) is 39.0 Å². The molecule has 1 aromatic heterocycles. The second-order valence-corrected chi connectivity index (χ2v) is 9.47. The number of ether oxygens (including phenoxy) is 1. The molecule has 174 valence electrons. The normalized spacial score (nSPS) is 14.6. The Balaban J connectivity index is 1.27. The van der Waals surface area contributed by atoms with E-state index in [1.54, 1.807) is 13.4 Å². The van der Waals surface area contributed by atoms with Crippen molar-refractivity contribution in [3.8, 4) is 11.4 Å². The molecule has 1 amide bonds. The van der Waals surface area contributed by atoms with Crippen molar-refractivity contribution in [1.82, 2.24) is 24.6 Å². The molecule has 2 heterocycles. The van der Waals surface area contributed by atoms with Crippen molar-refractivity contribution < 1.29 is 9.53 Å². The molecule has 3 aromatic rings. The van der Waals surface area contributed by atoms with Crippen molar-refractivity contribution in [3.63, 3.8) is 0 Å². The van der Waals surface area contributed by atoms with Crippen LogP contribution < -0.4 is 4.74 Å². The molecule has 4 rings (SSSR count). The third-order valence-corrected chi connectivity index (χ3v) is 6.90. The molecule has 0 saturated carbocycles. The van der Waals surface area contributed by atoms with E-state index in [2.05, 4.69) is 65.3 Å². The molecular formula is C25H31N5O2S. The first-order valence-corrected chi connectivity index (χ1v) is 12.3. The van der Waals surface area contributed by atoms with Crippen LogP contribution in [-0.4, -0.2) is 69.5 Å². The zero-order valence-corrected chi connectivity index (χ0v) is 20.3. The van der Waals surface area contributed by atoms with Crippen LogP contribution in [0.1, 0.15) is 30.9 Å². The summed E-state index contributed by atoms with van der Waals surface area (Å²) in [6.45, 7) is 8.50. The molecule has 0 radical (unpaired) electrons. The summed E-state index contributed by atoms with van der Waals surface area (Å²) >= 11 is 1.44. The zero-order valence-electron chi connectivity index (χ0n) is 19.5. The van der Waals surface area contributed by atoms with E-state index in [1.807, 2.05) is 21.6 Å². The van der Waals surface area contributed by atoms with Gasteiger partial charge in [-0.25, -0.2) is 0 Å². The van der Waals surface area contributed by atoms with Gasteiger partial charge in [0, 0.05) is 38.4 Å². The molecule has 7 nitrogen and oxygen atoms in total. The number of carbonyl (C=O) groups excluding carboxylic acids is 1. The van der Waals surface area contributed by atoms with E-state index in [9.17, 15) is 4.79 Å². The Morgan fingerprint density at radius 1 is 1.03 bits per heavy atom. The van der Waals surface area contributed by atoms with Gasteiger partial charge in [-0.2, -0.15) is 0 Å². The van der Waals surface area contributed by atoms with Gasteiger partial charge in [-0.15, -0.1) is 10.2 Å². The molecule has 1 saturated heterocycles. The van der Waals surface area contributed by atoms with Crippen molar-refractivity contribution >= 4 is 17.7 Å². The fraction of sp³-hybridized carbons (Fsp3) is 0.400. The highest BCUT2D eigenvalue weighted by molar-refractivity contribution is 7.99. The quantitative estimate of drug-likeness (QED) is 0.471. The minimum Gasteiger partial charge on any atom is -0.497 e. The van der Waals surface area contributed by atoms with Gasteiger partial charge in [0.05, 0.1) is 12.9 Å². The summed E-state index contributed by atoms with van der Waals surface area (Å²) in [5.74, 6) is 1.87. The van der Waals surface area contributed by atoms with Gasteiger partial charge < -0.3 is 9.64 Å². The lowest BCUT2D eigenvalue weighted by Crippen LogP contribution is -2.48. The van der Waals surface area contributed by atoms with E-state index >= 15 is 0 Å². The lowest BCUT2D eigenvalue weighted by molar-refractivity contribution is -0.130. The first-order valence-electron chi connectivity index (χ1n) is 11.3. The van der Waals surface area contributed by atoms with Gasteiger partial charge >= 0.3 is 0 Å². The van der Waals surface area contributed by atoms with Crippen molar-refractivity contribution in [1.29, 1.82) is 0 Å². The zero-order chi connectivity index (χ0) is 23.2. The third-order valence-electron chi connectivity index (χ3n) is 5.97. The number of carbonyl (C=O) groups is 1. The summed E-state index contributed by atoms with van der Waals surface area (Å²) in [7, 11) is 1.68. The average molecular weight is 466 g/mol. The van der Waals surface area contributed by atoms with Crippen LogP contribution in [0.15, 0.2) is 60.0 Å². The number of aromatic nitrogens is 3. The number of hydrogen-bond acceptors (Lipinski definition) is 6. The summed E-state index contributed by atoms with van der Waals surface area (Å²) in [6.07, 6.45) is 1.70. The van der Waals surface area contributed by atoms with Crippen LogP contribution in [0.25, 0.3) is 5.69 Å². The number of benzene rings is 2. The average Bonchev–Trinajstić information content (AvgIpc) is 3.32. The molecule has 0 N–H and O–H groups in total. The van der Waals surface area contributed by atoms with Crippen molar-refractivity contribution in [3.05, 3.63) is 66.0 Å². The topological polar surface area (TPSA) is 63.5 Å². The van der Waals surface area contributed by atoms with Gasteiger partial charge in [0.2, 0.25) is 5.91 Å². The highest BCUT2D eigenvalue weighted by Crippen LogP contribution is 2.22. The minimum absolute atomic E-state index is 0.147. The van der Waals surface area contributed by atoms with Crippen LogP contribution >= 0.6 is 11.8 Å². The van der Waals surface area contributed by atoms with Gasteiger partial charge in [-0.1, -0.05) is 49.9 Å². The molecule has 1 fully saturated rings. The Morgan fingerprint density at radius 3 is 2.36 bits per heavy atom. The number of rotatable bonds is 8. The molecular weight excluding hydrogens is 434 g/mol. The summed E-state index contributed by atoms with van der Waals surface area (Å²) in [5, 5.41) is 9.02. The molecule has 0 atom stereocenters. The minimum atomic E-state index is 0.147. The molecule has 0 aliphatic carbocycles. The second kappa shape index (κ2) is 10.9. The summed E-state index contributed by atoms with van der Waals surface area (Å²) in [5.41, 5.74) is 3.56. The lowest BCUT2D eigenvalue weighted by Gasteiger charge is -2.34. The van der Waals surface area contributed by atoms with Crippen LogP contribution in [0.3, 0.4) is 0 Å². The highest BCUT2D eigenvalue weighted by atomic mass is 32.2. The molecule has 0 bridgehead atoms. The van der Waals surface area contributed by atoms with Crippen molar-refractivity contribution in [2.45, 2.75) is 31.5 Å². The van der Waals surface area contributed by atoms with E-state index in [4.69, 9.17) is 4.74 Å². The first kappa shape index (κ1) is 23.3. The van der Waals surface area contributed by atoms with E-state index in [1.165, 1.54) is 22.9 Å². The molecule has 1 aliphatic heterocycles. The second-order valence-electron chi connectivity index (χ2n) is 8.52. The summed E-state index contributed by atoms with van der Waals surface area (Å²) < 4.78 is 7.16.